The lowest BCUT2D eigenvalue weighted by Gasteiger charge is -2.15. The summed E-state index contributed by atoms with van der Waals surface area (Å²) in [6.45, 7) is 4.17. The molecular formula is C19H26N4O5. The molecule has 2 heterocycles. The molecule has 9 nitrogen and oxygen atoms in total. The van der Waals surface area contributed by atoms with E-state index in [1.807, 2.05) is 44.2 Å². The van der Waals surface area contributed by atoms with Gasteiger partial charge in [0.05, 0.1) is 25.3 Å². The molecule has 3 rings (SSSR count). The number of para-hydroxylation sites is 1. The Morgan fingerprint density at radius 3 is 2.68 bits per heavy atom. The monoisotopic (exact) mass is 390 g/mol. The van der Waals surface area contributed by atoms with Gasteiger partial charge in [-0.3, -0.25) is 4.79 Å². The van der Waals surface area contributed by atoms with E-state index >= 15 is 0 Å². The lowest BCUT2D eigenvalue weighted by molar-refractivity contribution is -0.125. The first-order valence-electron chi connectivity index (χ1n) is 9.30. The molecule has 1 aliphatic rings. The third-order valence-electron chi connectivity index (χ3n) is 4.38. The van der Waals surface area contributed by atoms with Gasteiger partial charge in [-0.2, -0.15) is 0 Å². The number of ether oxygens (including phenoxy) is 2. The van der Waals surface area contributed by atoms with Gasteiger partial charge in [-0.25, -0.2) is 4.68 Å². The van der Waals surface area contributed by atoms with Crippen molar-refractivity contribution < 1.29 is 24.5 Å². The van der Waals surface area contributed by atoms with E-state index in [-0.39, 0.29) is 31.5 Å². The van der Waals surface area contributed by atoms with Gasteiger partial charge in [0.1, 0.15) is 36.4 Å². The van der Waals surface area contributed by atoms with E-state index in [0.717, 1.165) is 5.75 Å². The second kappa shape index (κ2) is 9.13. The van der Waals surface area contributed by atoms with E-state index in [0.29, 0.717) is 5.69 Å². The molecule has 1 aliphatic heterocycles. The SMILES string of the molecule is CC(C)NC(=O)C[C@H]1O[C@H](Cn2cc(COc3ccccc3)nn2)[C@@H](O)[C@H]1O. The number of benzene rings is 1. The van der Waals surface area contributed by atoms with Gasteiger partial charge in [-0.05, 0) is 26.0 Å². The zero-order valence-corrected chi connectivity index (χ0v) is 15.9. The Labute approximate surface area is 163 Å². The van der Waals surface area contributed by atoms with Gasteiger partial charge in [0.25, 0.3) is 0 Å². The van der Waals surface area contributed by atoms with Crippen LogP contribution < -0.4 is 10.1 Å². The number of aliphatic hydroxyl groups excluding tert-OH is 2. The van der Waals surface area contributed by atoms with Crippen LogP contribution in [-0.2, 0) is 22.7 Å². The number of amides is 1. The largest absolute Gasteiger partial charge is 0.487 e. The molecule has 1 aromatic carbocycles. The van der Waals surface area contributed by atoms with Crippen LogP contribution in [0.15, 0.2) is 36.5 Å². The van der Waals surface area contributed by atoms with Crippen LogP contribution in [0.1, 0.15) is 26.0 Å². The fourth-order valence-corrected chi connectivity index (χ4v) is 3.06. The van der Waals surface area contributed by atoms with E-state index in [1.54, 1.807) is 6.20 Å². The number of nitrogens with zero attached hydrogens (tertiary/aromatic N) is 3. The summed E-state index contributed by atoms with van der Waals surface area (Å²) in [6.07, 6.45) is -2.00. The van der Waals surface area contributed by atoms with Gasteiger partial charge in [0.2, 0.25) is 5.91 Å². The van der Waals surface area contributed by atoms with E-state index in [1.165, 1.54) is 4.68 Å². The molecule has 0 unspecified atom stereocenters. The third kappa shape index (κ3) is 5.28. The quantitative estimate of drug-likeness (QED) is 0.592. The number of carbonyl (C=O) groups is 1. The van der Waals surface area contributed by atoms with Crippen LogP contribution in [0.3, 0.4) is 0 Å². The Bertz CT molecular complexity index is 767. The first-order chi connectivity index (χ1) is 13.4. The van der Waals surface area contributed by atoms with Crippen molar-refractivity contribution in [1.29, 1.82) is 0 Å². The highest BCUT2D eigenvalue weighted by Gasteiger charge is 2.43. The van der Waals surface area contributed by atoms with Crippen molar-refractivity contribution in [3.8, 4) is 5.75 Å². The number of hydrogen-bond acceptors (Lipinski definition) is 7. The number of aromatic nitrogens is 3. The van der Waals surface area contributed by atoms with Crippen LogP contribution in [0.25, 0.3) is 0 Å². The number of rotatable bonds is 8. The number of carbonyl (C=O) groups excluding carboxylic acids is 1. The van der Waals surface area contributed by atoms with Gasteiger partial charge < -0.3 is 25.0 Å². The molecule has 3 N–H and O–H groups in total. The Balaban J connectivity index is 1.52. The molecule has 1 aromatic heterocycles. The minimum Gasteiger partial charge on any atom is -0.487 e. The smallest absolute Gasteiger partial charge is 0.222 e. The van der Waals surface area contributed by atoms with Crippen LogP contribution >= 0.6 is 0 Å². The molecule has 0 radical (unpaired) electrons. The maximum atomic E-state index is 11.9. The molecule has 1 amide bonds. The number of aliphatic hydroxyl groups is 2. The fourth-order valence-electron chi connectivity index (χ4n) is 3.06. The van der Waals surface area contributed by atoms with Crippen molar-refractivity contribution in [2.75, 3.05) is 0 Å². The molecule has 9 heteroatoms. The molecule has 0 aliphatic carbocycles. The molecular weight excluding hydrogens is 364 g/mol. The highest BCUT2D eigenvalue weighted by molar-refractivity contribution is 5.76. The summed E-state index contributed by atoms with van der Waals surface area (Å²) in [5.41, 5.74) is 0.629. The molecule has 4 atom stereocenters. The first kappa shape index (κ1) is 20.2. The predicted octanol–water partition coefficient (Wildman–Crippen LogP) is 0.261. The van der Waals surface area contributed by atoms with Gasteiger partial charge in [0.15, 0.2) is 0 Å². The van der Waals surface area contributed by atoms with E-state index in [4.69, 9.17) is 9.47 Å². The minimum atomic E-state index is -1.13. The van der Waals surface area contributed by atoms with Crippen molar-refractivity contribution in [2.45, 2.75) is 63.9 Å². The lowest BCUT2D eigenvalue weighted by Crippen LogP contribution is -2.38. The molecule has 0 spiro atoms. The van der Waals surface area contributed by atoms with Crippen molar-refractivity contribution in [1.82, 2.24) is 20.3 Å². The lowest BCUT2D eigenvalue weighted by atomic mass is 10.1. The molecule has 2 aromatic rings. The van der Waals surface area contributed by atoms with Crippen molar-refractivity contribution in [3.05, 3.63) is 42.2 Å². The maximum Gasteiger partial charge on any atom is 0.222 e. The third-order valence-corrected chi connectivity index (χ3v) is 4.38. The molecule has 1 saturated heterocycles. The van der Waals surface area contributed by atoms with Crippen LogP contribution in [0, 0.1) is 0 Å². The van der Waals surface area contributed by atoms with Crippen LogP contribution in [0.4, 0.5) is 0 Å². The Morgan fingerprint density at radius 2 is 1.96 bits per heavy atom. The summed E-state index contributed by atoms with van der Waals surface area (Å²) in [5, 5.41) is 31.2. The summed E-state index contributed by atoms with van der Waals surface area (Å²) in [4.78, 5) is 11.9. The summed E-state index contributed by atoms with van der Waals surface area (Å²) in [7, 11) is 0. The summed E-state index contributed by atoms with van der Waals surface area (Å²) >= 11 is 0. The van der Waals surface area contributed by atoms with E-state index in [9.17, 15) is 15.0 Å². The Hall–Kier alpha value is -2.49. The highest BCUT2D eigenvalue weighted by atomic mass is 16.5. The topological polar surface area (TPSA) is 119 Å². The zero-order valence-electron chi connectivity index (χ0n) is 15.9. The maximum absolute atomic E-state index is 11.9. The average molecular weight is 390 g/mol. The van der Waals surface area contributed by atoms with Gasteiger partial charge in [0, 0.05) is 6.04 Å². The standard InChI is InChI=1S/C19H26N4O5/c1-12(2)20-17(24)8-15-18(25)19(26)16(28-15)10-23-9-13(21-22-23)11-27-14-6-4-3-5-7-14/h3-7,9,12,15-16,18-19,25-26H,8,10-11H2,1-2H3,(H,20,24)/t15-,16-,18+,19-/m1/s1. The van der Waals surface area contributed by atoms with Gasteiger partial charge >= 0.3 is 0 Å². The molecule has 152 valence electrons. The minimum absolute atomic E-state index is 0.00144. The highest BCUT2D eigenvalue weighted by Crippen LogP contribution is 2.25. The second-order valence-electron chi connectivity index (χ2n) is 7.15. The van der Waals surface area contributed by atoms with Crippen molar-refractivity contribution in [2.24, 2.45) is 0 Å². The molecule has 0 bridgehead atoms. The second-order valence-corrected chi connectivity index (χ2v) is 7.15. The van der Waals surface area contributed by atoms with Gasteiger partial charge in [-0.15, -0.1) is 5.10 Å². The molecule has 28 heavy (non-hydrogen) atoms. The van der Waals surface area contributed by atoms with Crippen LogP contribution in [0.2, 0.25) is 0 Å². The molecule has 0 saturated carbocycles. The summed E-state index contributed by atoms with van der Waals surface area (Å²) in [5.74, 6) is 0.505. The van der Waals surface area contributed by atoms with Crippen LogP contribution in [-0.4, -0.2) is 61.6 Å². The summed E-state index contributed by atoms with van der Waals surface area (Å²) in [6, 6.07) is 9.37. The number of hydrogen-bond donors (Lipinski definition) is 3. The van der Waals surface area contributed by atoms with Crippen LogP contribution in [0.5, 0.6) is 5.75 Å². The number of nitrogens with one attached hydrogen (secondary N) is 1. The normalized spacial score (nSPS) is 24.5. The Morgan fingerprint density at radius 1 is 1.25 bits per heavy atom. The zero-order chi connectivity index (χ0) is 20.1. The summed E-state index contributed by atoms with van der Waals surface area (Å²) < 4.78 is 12.9. The van der Waals surface area contributed by atoms with Crippen molar-refractivity contribution in [3.63, 3.8) is 0 Å². The molecule has 1 fully saturated rings. The van der Waals surface area contributed by atoms with Crippen molar-refractivity contribution >= 4 is 5.91 Å². The Kier molecular flexibility index (Phi) is 6.61. The average Bonchev–Trinajstić information content (AvgIpc) is 3.21. The van der Waals surface area contributed by atoms with Gasteiger partial charge in [-0.1, -0.05) is 23.4 Å². The fraction of sp³-hybridized carbons (Fsp3) is 0.526. The predicted molar refractivity (Wildman–Crippen MR) is 99.4 cm³/mol. The van der Waals surface area contributed by atoms with E-state index in [2.05, 4.69) is 15.6 Å². The first-order valence-corrected chi connectivity index (χ1v) is 9.30. The van der Waals surface area contributed by atoms with E-state index < -0.39 is 24.4 Å².